The highest BCUT2D eigenvalue weighted by Gasteiger charge is 2.38. The summed E-state index contributed by atoms with van der Waals surface area (Å²) in [6, 6.07) is 14.4. The fourth-order valence-corrected chi connectivity index (χ4v) is 6.24. The Morgan fingerprint density at radius 3 is 2.66 bits per heavy atom. The minimum Gasteiger partial charge on any atom is -0.378 e. The standard InChI is InChI=1S/C24H28BrNO2S/c1-3-16(2)13-14-29(27,28)19-11-12-23-22(15-19)20-5-4-6-21(20)24(26-23)17-7-9-18(25)10-8-17/h4-5,7-12,15-16,20-21,24,26H,3,6,13-14H2,1-2H3/t16?,20-,21+,24+/m0/s1. The van der Waals surface area contributed by atoms with Crippen molar-refractivity contribution in [2.45, 2.75) is 50.0 Å². The molecule has 0 spiro atoms. The number of allylic oxidation sites excluding steroid dienone is 2. The summed E-state index contributed by atoms with van der Waals surface area (Å²) >= 11 is 3.51. The smallest absolute Gasteiger partial charge is 0.178 e. The van der Waals surface area contributed by atoms with Crippen molar-refractivity contribution in [1.29, 1.82) is 0 Å². The van der Waals surface area contributed by atoms with Crippen molar-refractivity contribution >= 4 is 31.5 Å². The number of benzene rings is 2. The van der Waals surface area contributed by atoms with Crippen LogP contribution in [0.4, 0.5) is 5.69 Å². The number of anilines is 1. The van der Waals surface area contributed by atoms with Gasteiger partial charge in [0.15, 0.2) is 9.84 Å². The molecule has 29 heavy (non-hydrogen) atoms. The highest BCUT2D eigenvalue weighted by atomic mass is 79.9. The van der Waals surface area contributed by atoms with E-state index in [1.807, 2.05) is 12.1 Å². The number of halogens is 1. The van der Waals surface area contributed by atoms with Crippen LogP contribution in [-0.4, -0.2) is 14.2 Å². The molecule has 3 nitrogen and oxygen atoms in total. The van der Waals surface area contributed by atoms with E-state index in [-0.39, 0.29) is 17.7 Å². The molecule has 4 rings (SSSR count). The molecule has 0 bridgehead atoms. The third kappa shape index (κ3) is 4.17. The van der Waals surface area contributed by atoms with Crippen LogP contribution >= 0.6 is 15.9 Å². The lowest BCUT2D eigenvalue weighted by Gasteiger charge is -2.37. The lowest BCUT2D eigenvalue weighted by molar-refractivity contribution is 0.425. The molecule has 4 atom stereocenters. The number of nitrogens with one attached hydrogen (secondary N) is 1. The molecule has 154 valence electrons. The summed E-state index contributed by atoms with van der Waals surface area (Å²) in [7, 11) is -3.26. The quantitative estimate of drug-likeness (QED) is 0.487. The number of sulfone groups is 1. The molecule has 0 saturated heterocycles. The van der Waals surface area contributed by atoms with E-state index in [1.54, 1.807) is 6.07 Å². The summed E-state index contributed by atoms with van der Waals surface area (Å²) in [6.07, 6.45) is 7.22. The fraction of sp³-hybridized carbons (Fsp3) is 0.417. The van der Waals surface area contributed by atoms with Gasteiger partial charge in [-0.25, -0.2) is 8.42 Å². The van der Waals surface area contributed by atoms with E-state index >= 15 is 0 Å². The van der Waals surface area contributed by atoms with Gasteiger partial charge in [-0.1, -0.05) is 60.5 Å². The highest BCUT2D eigenvalue weighted by molar-refractivity contribution is 9.10. The molecule has 2 aliphatic rings. The number of fused-ring (bicyclic) bond motifs is 3. The first-order chi connectivity index (χ1) is 13.9. The van der Waals surface area contributed by atoms with Crippen molar-refractivity contribution < 1.29 is 8.42 Å². The summed E-state index contributed by atoms with van der Waals surface area (Å²) < 4.78 is 26.9. The predicted octanol–water partition coefficient (Wildman–Crippen LogP) is 6.49. The minimum absolute atomic E-state index is 0.222. The largest absolute Gasteiger partial charge is 0.378 e. The average molecular weight is 474 g/mol. The Bertz CT molecular complexity index is 1010. The van der Waals surface area contributed by atoms with Gasteiger partial charge >= 0.3 is 0 Å². The predicted molar refractivity (Wildman–Crippen MR) is 123 cm³/mol. The maximum absolute atomic E-state index is 12.9. The number of hydrogen-bond donors (Lipinski definition) is 1. The van der Waals surface area contributed by atoms with Gasteiger partial charge in [-0.3, -0.25) is 0 Å². The zero-order valence-corrected chi connectivity index (χ0v) is 19.3. The van der Waals surface area contributed by atoms with Gasteiger partial charge in [0.2, 0.25) is 0 Å². The Morgan fingerprint density at radius 2 is 1.93 bits per heavy atom. The lowest BCUT2D eigenvalue weighted by Crippen LogP contribution is -2.29. The summed E-state index contributed by atoms with van der Waals surface area (Å²) in [5, 5.41) is 3.69. The minimum atomic E-state index is -3.26. The van der Waals surface area contributed by atoms with Gasteiger partial charge < -0.3 is 5.32 Å². The second-order valence-corrected chi connectivity index (χ2v) is 11.4. The Morgan fingerprint density at radius 1 is 1.17 bits per heavy atom. The van der Waals surface area contributed by atoms with E-state index in [0.29, 0.717) is 23.2 Å². The first-order valence-corrected chi connectivity index (χ1v) is 12.9. The van der Waals surface area contributed by atoms with Crippen molar-refractivity contribution in [2.75, 3.05) is 11.1 Å². The molecule has 0 amide bonds. The van der Waals surface area contributed by atoms with Crippen LogP contribution in [0.25, 0.3) is 0 Å². The summed E-state index contributed by atoms with van der Waals surface area (Å²) in [4.78, 5) is 0.461. The normalized spacial score (nSPS) is 23.9. The first kappa shape index (κ1) is 20.7. The van der Waals surface area contributed by atoms with Gasteiger partial charge in [-0.15, -0.1) is 0 Å². The van der Waals surface area contributed by atoms with E-state index in [4.69, 9.17) is 0 Å². The van der Waals surface area contributed by atoms with Crippen LogP contribution in [0.15, 0.2) is 64.0 Å². The van der Waals surface area contributed by atoms with Gasteiger partial charge in [0, 0.05) is 16.1 Å². The van der Waals surface area contributed by atoms with Crippen LogP contribution in [0, 0.1) is 11.8 Å². The fourth-order valence-electron chi connectivity index (χ4n) is 4.44. The van der Waals surface area contributed by atoms with Crippen LogP contribution in [0.5, 0.6) is 0 Å². The van der Waals surface area contributed by atoms with Crippen molar-refractivity contribution in [3.8, 4) is 0 Å². The molecule has 5 heteroatoms. The van der Waals surface area contributed by atoms with Crippen LogP contribution < -0.4 is 5.32 Å². The molecule has 0 aromatic heterocycles. The SMILES string of the molecule is CCC(C)CCS(=O)(=O)c1ccc2c(c1)[C@H]1C=CC[C@H]1[C@@H](c1ccc(Br)cc1)N2. The van der Waals surface area contributed by atoms with Crippen molar-refractivity contribution in [3.63, 3.8) is 0 Å². The van der Waals surface area contributed by atoms with E-state index in [9.17, 15) is 8.42 Å². The lowest BCUT2D eigenvalue weighted by atomic mass is 9.77. The van der Waals surface area contributed by atoms with Gasteiger partial charge in [-0.2, -0.15) is 0 Å². The van der Waals surface area contributed by atoms with E-state index < -0.39 is 9.84 Å². The highest BCUT2D eigenvalue weighted by Crippen LogP contribution is 2.50. The molecule has 1 aliphatic heterocycles. The Balaban J connectivity index is 1.65. The summed E-state index contributed by atoms with van der Waals surface area (Å²) in [6.45, 7) is 4.22. The second-order valence-electron chi connectivity index (χ2n) is 8.40. The van der Waals surface area contributed by atoms with Crippen LogP contribution in [0.2, 0.25) is 0 Å². The third-order valence-electron chi connectivity index (χ3n) is 6.50. The first-order valence-electron chi connectivity index (χ1n) is 10.4. The second kappa shape index (κ2) is 8.27. The molecule has 0 radical (unpaired) electrons. The molecular weight excluding hydrogens is 446 g/mol. The topological polar surface area (TPSA) is 46.2 Å². The number of hydrogen-bond acceptors (Lipinski definition) is 3. The molecule has 2 aromatic carbocycles. The third-order valence-corrected chi connectivity index (χ3v) is 8.77. The Kier molecular flexibility index (Phi) is 5.90. The number of rotatable bonds is 6. The van der Waals surface area contributed by atoms with Gasteiger partial charge in [0.1, 0.15) is 0 Å². The molecular formula is C24H28BrNO2S. The molecule has 1 aliphatic carbocycles. The summed E-state index contributed by atoms with van der Waals surface area (Å²) in [5.74, 6) is 1.31. The average Bonchev–Trinajstić information content (AvgIpc) is 3.22. The van der Waals surface area contributed by atoms with Gasteiger partial charge in [0.05, 0.1) is 16.7 Å². The molecule has 1 N–H and O–H groups in total. The maximum atomic E-state index is 12.9. The van der Waals surface area contributed by atoms with Crippen molar-refractivity contribution in [1.82, 2.24) is 0 Å². The summed E-state index contributed by atoms with van der Waals surface area (Å²) in [5.41, 5.74) is 3.43. The zero-order chi connectivity index (χ0) is 20.6. The maximum Gasteiger partial charge on any atom is 0.178 e. The monoisotopic (exact) mass is 473 g/mol. The van der Waals surface area contributed by atoms with Gasteiger partial charge in [0.25, 0.3) is 0 Å². The van der Waals surface area contributed by atoms with Crippen LogP contribution in [0.1, 0.15) is 56.2 Å². The molecule has 0 fully saturated rings. The van der Waals surface area contributed by atoms with E-state index in [2.05, 4.69) is 71.5 Å². The molecule has 0 saturated carbocycles. The van der Waals surface area contributed by atoms with Crippen molar-refractivity contribution in [3.05, 3.63) is 70.2 Å². The van der Waals surface area contributed by atoms with Crippen LogP contribution in [0.3, 0.4) is 0 Å². The Hall–Kier alpha value is -1.59. The molecule has 2 aromatic rings. The Labute approximate surface area is 182 Å². The van der Waals surface area contributed by atoms with E-state index in [0.717, 1.165) is 28.6 Å². The zero-order valence-electron chi connectivity index (χ0n) is 16.9. The van der Waals surface area contributed by atoms with E-state index in [1.165, 1.54) is 5.56 Å². The molecule has 1 unspecified atom stereocenters. The van der Waals surface area contributed by atoms with Gasteiger partial charge in [-0.05, 0) is 66.1 Å². The van der Waals surface area contributed by atoms with Crippen LogP contribution in [-0.2, 0) is 9.84 Å². The molecule has 1 heterocycles. The van der Waals surface area contributed by atoms with Crippen molar-refractivity contribution in [2.24, 2.45) is 11.8 Å².